The molecule has 1 atom stereocenters. The molecule has 1 aromatic rings. The van der Waals surface area contributed by atoms with Crippen LogP contribution in [-0.2, 0) is 24.1 Å². The van der Waals surface area contributed by atoms with Gasteiger partial charge in [0.05, 0.1) is 23.0 Å². The van der Waals surface area contributed by atoms with E-state index >= 15 is 0 Å². The quantitative estimate of drug-likeness (QED) is 0.625. The number of sulfone groups is 1. The lowest BCUT2D eigenvalue weighted by atomic mass is 9.83. The third-order valence-electron chi connectivity index (χ3n) is 3.81. The Balaban J connectivity index is 2.78. The SMILES string of the molecule is CCOC(=O)C1=C(C)OC(N)=C(C#N)C1c1cc(S(C)(=O)=O)ccc1F. The zero-order valence-electron chi connectivity index (χ0n) is 14.4. The third-order valence-corrected chi connectivity index (χ3v) is 4.92. The monoisotopic (exact) mass is 380 g/mol. The summed E-state index contributed by atoms with van der Waals surface area (Å²) in [5.74, 6) is -3.07. The molecule has 138 valence electrons. The molecule has 0 fully saturated rings. The summed E-state index contributed by atoms with van der Waals surface area (Å²) >= 11 is 0. The number of esters is 1. The van der Waals surface area contributed by atoms with Gasteiger partial charge in [0.1, 0.15) is 23.2 Å². The van der Waals surface area contributed by atoms with E-state index in [0.717, 1.165) is 24.5 Å². The van der Waals surface area contributed by atoms with Crippen LogP contribution in [0.3, 0.4) is 0 Å². The minimum atomic E-state index is -3.64. The molecule has 26 heavy (non-hydrogen) atoms. The summed E-state index contributed by atoms with van der Waals surface area (Å²) in [5, 5.41) is 9.45. The molecule has 1 aliphatic heterocycles. The molecule has 1 unspecified atom stereocenters. The van der Waals surface area contributed by atoms with Gasteiger partial charge in [-0.05, 0) is 32.0 Å². The van der Waals surface area contributed by atoms with Gasteiger partial charge < -0.3 is 15.2 Å². The molecule has 1 aliphatic rings. The molecule has 0 spiro atoms. The molecule has 1 aromatic carbocycles. The molecule has 0 aliphatic carbocycles. The maximum Gasteiger partial charge on any atom is 0.338 e. The van der Waals surface area contributed by atoms with Crippen molar-refractivity contribution in [3.05, 3.63) is 52.4 Å². The maximum absolute atomic E-state index is 14.5. The predicted molar refractivity (Wildman–Crippen MR) is 89.5 cm³/mol. The van der Waals surface area contributed by atoms with E-state index in [2.05, 4.69) is 0 Å². The van der Waals surface area contributed by atoms with Crippen LogP contribution in [0.15, 0.2) is 45.9 Å². The van der Waals surface area contributed by atoms with Crippen molar-refractivity contribution in [2.75, 3.05) is 12.9 Å². The fourth-order valence-corrected chi connectivity index (χ4v) is 3.30. The molecule has 2 rings (SSSR count). The Morgan fingerprint density at radius 3 is 2.65 bits per heavy atom. The van der Waals surface area contributed by atoms with Crippen LogP contribution in [0.4, 0.5) is 4.39 Å². The number of nitrogens with two attached hydrogens (primary N) is 1. The highest BCUT2D eigenvalue weighted by Crippen LogP contribution is 2.41. The lowest BCUT2D eigenvalue weighted by Crippen LogP contribution is -2.26. The van der Waals surface area contributed by atoms with Crippen molar-refractivity contribution >= 4 is 15.8 Å². The van der Waals surface area contributed by atoms with Crippen LogP contribution in [0, 0.1) is 17.1 Å². The normalized spacial score (nSPS) is 17.6. The highest BCUT2D eigenvalue weighted by atomic mass is 32.2. The number of hydrogen-bond acceptors (Lipinski definition) is 7. The Kier molecular flexibility index (Phi) is 5.37. The molecule has 2 N–H and O–H groups in total. The topological polar surface area (TPSA) is 119 Å². The van der Waals surface area contributed by atoms with Gasteiger partial charge in [0.25, 0.3) is 0 Å². The Morgan fingerprint density at radius 2 is 2.12 bits per heavy atom. The third kappa shape index (κ3) is 3.55. The van der Waals surface area contributed by atoms with Gasteiger partial charge in [-0.3, -0.25) is 0 Å². The molecule has 7 nitrogen and oxygen atoms in total. The van der Waals surface area contributed by atoms with Crippen molar-refractivity contribution in [3.8, 4) is 6.07 Å². The first kappa shape index (κ1) is 19.5. The van der Waals surface area contributed by atoms with Crippen LogP contribution < -0.4 is 5.73 Å². The average Bonchev–Trinajstić information content (AvgIpc) is 2.53. The molecule has 0 bridgehead atoms. The van der Waals surface area contributed by atoms with E-state index in [1.54, 1.807) is 13.0 Å². The summed E-state index contributed by atoms with van der Waals surface area (Å²) < 4.78 is 48.4. The number of allylic oxidation sites excluding steroid dienone is 2. The number of carbonyl (C=O) groups excluding carboxylic acids is 1. The standard InChI is InChI=1S/C17H17FN2O5S/c1-4-24-17(21)14-9(2)25-16(20)12(8-19)15(14)11-7-10(26(3,22)23)5-6-13(11)18/h5-7,15H,4,20H2,1-3H3. The number of nitrogens with zero attached hydrogens (tertiary/aromatic N) is 1. The zero-order chi connectivity index (χ0) is 19.6. The number of rotatable bonds is 4. The smallest absolute Gasteiger partial charge is 0.338 e. The fraction of sp³-hybridized carbons (Fsp3) is 0.294. The minimum absolute atomic E-state index is 0.0501. The molecule has 0 radical (unpaired) electrons. The van der Waals surface area contributed by atoms with Crippen LogP contribution in [0.2, 0.25) is 0 Å². The molecular formula is C17H17FN2O5S. The average molecular weight is 380 g/mol. The zero-order valence-corrected chi connectivity index (χ0v) is 15.2. The van der Waals surface area contributed by atoms with Crippen molar-refractivity contribution in [1.82, 2.24) is 0 Å². The molecule has 9 heteroatoms. The van der Waals surface area contributed by atoms with E-state index in [9.17, 15) is 22.9 Å². The van der Waals surface area contributed by atoms with Gasteiger partial charge in [0, 0.05) is 11.8 Å². The summed E-state index contributed by atoms with van der Waals surface area (Å²) in [6.07, 6.45) is 0.969. The van der Waals surface area contributed by atoms with E-state index in [-0.39, 0.29) is 39.9 Å². The minimum Gasteiger partial charge on any atom is -0.463 e. The first-order valence-electron chi connectivity index (χ1n) is 7.56. The highest BCUT2D eigenvalue weighted by molar-refractivity contribution is 7.90. The van der Waals surface area contributed by atoms with Gasteiger partial charge in [0.2, 0.25) is 5.88 Å². The summed E-state index contributed by atoms with van der Waals surface area (Å²) in [6.45, 7) is 3.07. The van der Waals surface area contributed by atoms with E-state index in [4.69, 9.17) is 15.2 Å². The van der Waals surface area contributed by atoms with Gasteiger partial charge >= 0.3 is 5.97 Å². The highest BCUT2D eigenvalue weighted by Gasteiger charge is 2.38. The summed E-state index contributed by atoms with van der Waals surface area (Å²) in [7, 11) is -3.64. The number of carbonyl (C=O) groups is 1. The molecule has 0 saturated carbocycles. The Labute approximate surface area is 150 Å². The van der Waals surface area contributed by atoms with Crippen molar-refractivity contribution < 1.29 is 27.1 Å². The van der Waals surface area contributed by atoms with Crippen molar-refractivity contribution in [1.29, 1.82) is 5.26 Å². The van der Waals surface area contributed by atoms with E-state index in [1.165, 1.54) is 6.92 Å². The maximum atomic E-state index is 14.5. The van der Waals surface area contributed by atoms with Crippen LogP contribution in [0.5, 0.6) is 0 Å². The molecular weight excluding hydrogens is 363 g/mol. The van der Waals surface area contributed by atoms with E-state index in [0.29, 0.717) is 0 Å². The van der Waals surface area contributed by atoms with Gasteiger partial charge in [-0.1, -0.05) is 0 Å². The Hall–Kier alpha value is -2.86. The van der Waals surface area contributed by atoms with Crippen LogP contribution in [0.25, 0.3) is 0 Å². The van der Waals surface area contributed by atoms with Crippen molar-refractivity contribution in [2.24, 2.45) is 5.73 Å². The van der Waals surface area contributed by atoms with Gasteiger partial charge in [-0.25, -0.2) is 17.6 Å². The Morgan fingerprint density at radius 1 is 1.46 bits per heavy atom. The van der Waals surface area contributed by atoms with E-state index < -0.39 is 27.5 Å². The number of halogens is 1. The van der Waals surface area contributed by atoms with Crippen LogP contribution in [-0.4, -0.2) is 27.2 Å². The number of nitriles is 1. The summed E-state index contributed by atoms with van der Waals surface area (Å²) in [4.78, 5) is 12.2. The number of benzene rings is 1. The number of hydrogen-bond donors (Lipinski definition) is 1. The molecule has 0 amide bonds. The summed E-state index contributed by atoms with van der Waals surface area (Å²) in [5.41, 5.74) is 5.23. The first-order chi connectivity index (χ1) is 12.1. The second-order valence-corrected chi connectivity index (χ2v) is 7.59. The van der Waals surface area contributed by atoms with Crippen LogP contribution in [0.1, 0.15) is 25.3 Å². The largest absolute Gasteiger partial charge is 0.463 e. The molecule has 1 heterocycles. The first-order valence-corrected chi connectivity index (χ1v) is 9.45. The molecule has 0 aromatic heterocycles. The second-order valence-electron chi connectivity index (χ2n) is 5.57. The predicted octanol–water partition coefficient (Wildman–Crippen LogP) is 1.87. The van der Waals surface area contributed by atoms with Crippen molar-refractivity contribution in [3.63, 3.8) is 0 Å². The lowest BCUT2D eigenvalue weighted by molar-refractivity contribution is -0.139. The van der Waals surface area contributed by atoms with Gasteiger partial charge in [0.15, 0.2) is 9.84 Å². The number of ether oxygens (including phenoxy) is 2. The Bertz CT molecular complexity index is 973. The lowest BCUT2D eigenvalue weighted by Gasteiger charge is -2.27. The van der Waals surface area contributed by atoms with Gasteiger partial charge in [-0.2, -0.15) is 5.26 Å². The fourth-order valence-electron chi connectivity index (χ4n) is 2.64. The molecule has 0 saturated heterocycles. The van der Waals surface area contributed by atoms with Crippen LogP contribution >= 0.6 is 0 Å². The van der Waals surface area contributed by atoms with Gasteiger partial charge in [-0.15, -0.1) is 0 Å². The van der Waals surface area contributed by atoms with E-state index in [1.807, 2.05) is 0 Å². The second kappa shape index (κ2) is 7.17. The summed E-state index contributed by atoms with van der Waals surface area (Å²) in [6, 6.07) is 4.96. The van der Waals surface area contributed by atoms with Crippen molar-refractivity contribution in [2.45, 2.75) is 24.7 Å².